The molecule has 0 saturated heterocycles. The van der Waals surface area contributed by atoms with Gasteiger partial charge in [0.1, 0.15) is 6.04 Å². The Kier molecular flexibility index (Phi) is 4.08. The van der Waals surface area contributed by atoms with Gasteiger partial charge >= 0.3 is 0 Å². The van der Waals surface area contributed by atoms with Crippen LogP contribution in [0.2, 0.25) is 0 Å². The summed E-state index contributed by atoms with van der Waals surface area (Å²) in [5.41, 5.74) is 3.68. The van der Waals surface area contributed by atoms with E-state index in [0.29, 0.717) is 6.54 Å². The smallest absolute Gasteiger partial charge is 0.244 e. The van der Waals surface area contributed by atoms with Crippen LogP contribution in [0.5, 0.6) is 0 Å². The lowest BCUT2D eigenvalue weighted by Gasteiger charge is -2.29. The second-order valence-corrected chi connectivity index (χ2v) is 6.56. The third-order valence-electron chi connectivity index (χ3n) is 4.08. The standard InChI is InChI=1S/C17H20N2OS/c1-12-8-10-21-15(12)11-19(2)17(20)16-14-6-4-3-5-13(14)7-9-18-16/h3-6,8,10,16,18H,7,9,11H2,1-2H3. The Bertz CT molecular complexity index is 650. The summed E-state index contributed by atoms with van der Waals surface area (Å²) in [6.07, 6.45) is 0.994. The molecule has 3 nitrogen and oxygen atoms in total. The summed E-state index contributed by atoms with van der Waals surface area (Å²) in [5.74, 6) is 0.148. The Morgan fingerprint density at radius 3 is 2.95 bits per heavy atom. The van der Waals surface area contributed by atoms with Crippen molar-refractivity contribution in [2.75, 3.05) is 13.6 Å². The largest absolute Gasteiger partial charge is 0.339 e. The van der Waals surface area contributed by atoms with E-state index in [1.165, 1.54) is 16.0 Å². The van der Waals surface area contributed by atoms with Gasteiger partial charge in [0.25, 0.3) is 0 Å². The molecular formula is C17H20N2OS. The molecular weight excluding hydrogens is 280 g/mol. The number of fused-ring (bicyclic) bond motifs is 1. The van der Waals surface area contributed by atoms with Crippen LogP contribution >= 0.6 is 11.3 Å². The molecule has 1 aromatic carbocycles. The second-order valence-electron chi connectivity index (χ2n) is 5.56. The maximum Gasteiger partial charge on any atom is 0.244 e. The van der Waals surface area contributed by atoms with Crippen LogP contribution in [0.3, 0.4) is 0 Å². The van der Waals surface area contributed by atoms with Crippen LogP contribution in [-0.2, 0) is 17.8 Å². The minimum Gasteiger partial charge on any atom is -0.339 e. The van der Waals surface area contributed by atoms with Gasteiger partial charge in [-0.2, -0.15) is 0 Å². The first kappa shape index (κ1) is 14.3. The number of likely N-dealkylation sites (N-methyl/N-ethyl adjacent to an activating group) is 1. The Hall–Kier alpha value is -1.65. The number of hydrogen-bond acceptors (Lipinski definition) is 3. The van der Waals surface area contributed by atoms with Gasteiger partial charge in [-0.25, -0.2) is 0 Å². The molecule has 4 heteroatoms. The molecule has 1 aliphatic rings. The molecule has 1 aromatic heterocycles. The minimum absolute atomic E-state index is 0.148. The second kappa shape index (κ2) is 6.00. The fourth-order valence-corrected chi connectivity index (χ4v) is 3.76. The first-order valence-electron chi connectivity index (χ1n) is 7.26. The van der Waals surface area contributed by atoms with E-state index in [1.807, 2.05) is 24.1 Å². The summed E-state index contributed by atoms with van der Waals surface area (Å²) in [7, 11) is 1.89. The van der Waals surface area contributed by atoms with Crippen molar-refractivity contribution >= 4 is 17.2 Å². The van der Waals surface area contributed by atoms with Crippen molar-refractivity contribution < 1.29 is 4.79 Å². The van der Waals surface area contributed by atoms with E-state index in [0.717, 1.165) is 18.5 Å². The lowest BCUT2D eigenvalue weighted by Crippen LogP contribution is -2.42. The van der Waals surface area contributed by atoms with Gasteiger partial charge in [0.2, 0.25) is 5.91 Å². The van der Waals surface area contributed by atoms with Crippen molar-refractivity contribution in [2.24, 2.45) is 0 Å². The number of carbonyl (C=O) groups excluding carboxylic acids is 1. The van der Waals surface area contributed by atoms with E-state index >= 15 is 0 Å². The molecule has 0 fully saturated rings. The molecule has 0 aliphatic carbocycles. The summed E-state index contributed by atoms with van der Waals surface area (Å²) in [4.78, 5) is 15.9. The number of thiophene rings is 1. The van der Waals surface area contributed by atoms with Crippen LogP contribution in [-0.4, -0.2) is 24.4 Å². The molecule has 1 amide bonds. The summed E-state index contributed by atoms with van der Waals surface area (Å²) in [6.45, 7) is 3.64. The fourth-order valence-electron chi connectivity index (χ4n) is 2.80. The zero-order valence-electron chi connectivity index (χ0n) is 12.4. The highest BCUT2D eigenvalue weighted by Crippen LogP contribution is 2.25. The minimum atomic E-state index is -0.208. The van der Waals surface area contributed by atoms with Crippen molar-refractivity contribution in [3.63, 3.8) is 0 Å². The molecule has 1 N–H and O–H groups in total. The third kappa shape index (κ3) is 2.87. The number of nitrogens with one attached hydrogen (secondary N) is 1. The van der Waals surface area contributed by atoms with Crippen LogP contribution in [0.1, 0.15) is 27.6 Å². The first-order chi connectivity index (χ1) is 10.2. The van der Waals surface area contributed by atoms with Crippen molar-refractivity contribution in [1.82, 2.24) is 10.2 Å². The predicted octanol–water partition coefficient (Wildman–Crippen LogP) is 2.90. The van der Waals surface area contributed by atoms with E-state index in [4.69, 9.17) is 0 Å². The van der Waals surface area contributed by atoms with Crippen LogP contribution in [0, 0.1) is 6.92 Å². The van der Waals surface area contributed by atoms with Gasteiger partial charge in [0.05, 0.1) is 6.54 Å². The topological polar surface area (TPSA) is 32.3 Å². The molecule has 110 valence electrons. The molecule has 0 spiro atoms. The van der Waals surface area contributed by atoms with Crippen molar-refractivity contribution in [3.05, 3.63) is 57.3 Å². The molecule has 3 rings (SSSR count). The van der Waals surface area contributed by atoms with Crippen LogP contribution in [0.4, 0.5) is 0 Å². The van der Waals surface area contributed by atoms with Crippen molar-refractivity contribution in [2.45, 2.75) is 25.9 Å². The van der Waals surface area contributed by atoms with Gasteiger partial charge in [-0.15, -0.1) is 11.3 Å². The lowest BCUT2D eigenvalue weighted by atomic mass is 9.93. The van der Waals surface area contributed by atoms with Gasteiger partial charge in [-0.1, -0.05) is 24.3 Å². The maximum atomic E-state index is 12.8. The van der Waals surface area contributed by atoms with E-state index in [1.54, 1.807) is 11.3 Å². The highest BCUT2D eigenvalue weighted by molar-refractivity contribution is 7.10. The molecule has 0 radical (unpaired) electrons. The summed E-state index contributed by atoms with van der Waals surface area (Å²) in [5, 5.41) is 5.44. The number of aryl methyl sites for hydroxylation is 1. The van der Waals surface area contributed by atoms with Gasteiger partial charge in [0, 0.05) is 18.5 Å². The Balaban J connectivity index is 1.78. The van der Waals surface area contributed by atoms with Gasteiger partial charge in [0.15, 0.2) is 0 Å². The van der Waals surface area contributed by atoms with E-state index in [2.05, 4.69) is 35.8 Å². The highest BCUT2D eigenvalue weighted by Gasteiger charge is 2.28. The lowest BCUT2D eigenvalue weighted by molar-refractivity contribution is -0.133. The number of rotatable bonds is 3. The first-order valence-corrected chi connectivity index (χ1v) is 8.14. The number of carbonyl (C=O) groups is 1. The normalized spacial score (nSPS) is 17.3. The number of nitrogens with zero attached hydrogens (tertiary/aromatic N) is 1. The monoisotopic (exact) mass is 300 g/mol. The molecule has 2 heterocycles. The predicted molar refractivity (Wildman–Crippen MR) is 86.4 cm³/mol. The van der Waals surface area contributed by atoms with E-state index in [9.17, 15) is 4.79 Å². The quantitative estimate of drug-likeness (QED) is 0.945. The van der Waals surface area contributed by atoms with E-state index < -0.39 is 0 Å². The zero-order valence-corrected chi connectivity index (χ0v) is 13.2. The molecule has 0 bridgehead atoms. The van der Waals surface area contributed by atoms with Gasteiger partial charge < -0.3 is 10.2 Å². The molecule has 0 saturated carbocycles. The van der Waals surface area contributed by atoms with Gasteiger partial charge in [-0.05, 0) is 41.5 Å². The van der Waals surface area contributed by atoms with Crippen molar-refractivity contribution in [1.29, 1.82) is 0 Å². The maximum absolute atomic E-state index is 12.8. The van der Waals surface area contributed by atoms with Gasteiger partial charge in [-0.3, -0.25) is 4.79 Å². The molecule has 1 atom stereocenters. The highest BCUT2D eigenvalue weighted by atomic mass is 32.1. The average molecular weight is 300 g/mol. The number of amides is 1. The summed E-state index contributed by atoms with van der Waals surface area (Å²) >= 11 is 1.71. The molecule has 2 aromatic rings. The van der Waals surface area contributed by atoms with Crippen LogP contribution in [0.15, 0.2) is 35.7 Å². The summed E-state index contributed by atoms with van der Waals surface area (Å²) in [6, 6.07) is 10.1. The Morgan fingerprint density at radius 1 is 1.38 bits per heavy atom. The zero-order chi connectivity index (χ0) is 14.8. The fraction of sp³-hybridized carbons (Fsp3) is 0.353. The average Bonchev–Trinajstić information content (AvgIpc) is 2.91. The SMILES string of the molecule is Cc1ccsc1CN(C)C(=O)C1NCCc2ccccc21. The molecule has 21 heavy (non-hydrogen) atoms. The number of hydrogen-bond donors (Lipinski definition) is 1. The summed E-state index contributed by atoms with van der Waals surface area (Å²) < 4.78 is 0. The van der Waals surface area contributed by atoms with Crippen LogP contribution < -0.4 is 5.32 Å². The third-order valence-corrected chi connectivity index (χ3v) is 5.09. The Labute approximate surface area is 129 Å². The molecule has 1 unspecified atom stereocenters. The molecule has 1 aliphatic heterocycles. The van der Waals surface area contributed by atoms with Crippen LogP contribution in [0.25, 0.3) is 0 Å². The number of benzene rings is 1. The Morgan fingerprint density at radius 2 is 2.19 bits per heavy atom. The van der Waals surface area contributed by atoms with E-state index in [-0.39, 0.29) is 11.9 Å². The van der Waals surface area contributed by atoms with Crippen molar-refractivity contribution in [3.8, 4) is 0 Å².